The number of nitrogens with zero attached hydrogens (tertiary/aromatic N) is 3. The third-order valence-electron chi connectivity index (χ3n) is 2.56. The zero-order valence-electron chi connectivity index (χ0n) is 10.7. The van der Waals surface area contributed by atoms with Crippen molar-refractivity contribution in [2.75, 3.05) is 0 Å². The van der Waals surface area contributed by atoms with E-state index in [0.29, 0.717) is 10.0 Å². The van der Waals surface area contributed by atoms with Crippen molar-refractivity contribution in [2.24, 2.45) is 5.14 Å². The summed E-state index contributed by atoms with van der Waals surface area (Å²) in [5.41, 5.74) is 0.410. The van der Waals surface area contributed by atoms with Gasteiger partial charge in [-0.2, -0.15) is 0 Å². The highest BCUT2D eigenvalue weighted by molar-refractivity contribution is 9.10. The Morgan fingerprint density at radius 1 is 1.30 bits per heavy atom. The van der Waals surface area contributed by atoms with Gasteiger partial charge in [-0.15, -0.1) is 10.2 Å². The van der Waals surface area contributed by atoms with Crippen LogP contribution in [0.25, 0.3) is 11.4 Å². The second kappa shape index (κ2) is 5.23. The molecular weight excluding hydrogens is 351 g/mol. The van der Waals surface area contributed by atoms with Crippen molar-refractivity contribution < 1.29 is 12.8 Å². The molecule has 0 aliphatic rings. The van der Waals surface area contributed by atoms with Crippen LogP contribution in [-0.2, 0) is 10.0 Å². The van der Waals surface area contributed by atoms with E-state index in [0.717, 1.165) is 0 Å². The van der Waals surface area contributed by atoms with Crippen molar-refractivity contribution in [1.29, 1.82) is 0 Å². The topological polar surface area (TPSA) is 90.9 Å². The predicted octanol–water partition coefficient (Wildman–Crippen LogP) is 2.07. The first-order chi connectivity index (χ1) is 9.20. The van der Waals surface area contributed by atoms with Crippen LogP contribution < -0.4 is 5.14 Å². The van der Waals surface area contributed by atoms with Gasteiger partial charge in [-0.1, -0.05) is 15.9 Å². The van der Waals surface area contributed by atoms with E-state index >= 15 is 0 Å². The van der Waals surface area contributed by atoms with E-state index in [1.807, 2.05) is 0 Å². The molecule has 0 saturated heterocycles. The average Bonchev–Trinajstić information content (AvgIpc) is 2.71. The maximum absolute atomic E-state index is 13.5. The first-order valence-electron chi connectivity index (χ1n) is 5.64. The van der Waals surface area contributed by atoms with E-state index < -0.39 is 15.8 Å². The number of benzene rings is 1. The van der Waals surface area contributed by atoms with Crippen LogP contribution >= 0.6 is 15.9 Å². The Kier molecular flexibility index (Phi) is 3.94. The number of aromatic nitrogens is 3. The third kappa shape index (κ3) is 2.89. The molecule has 1 aromatic heterocycles. The van der Waals surface area contributed by atoms with Gasteiger partial charge >= 0.3 is 0 Å². The molecule has 0 aliphatic carbocycles. The molecule has 0 saturated carbocycles. The first kappa shape index (κ1) is 15.1. The molecule has 0 unspecified atom stereocenters. The summed E-state index contributed by atoms with van der Waals surface area (Å²) in [4.78, 5) is 0. The minimum absolute atomic E-state index is 0.240. The Morgan fingerprint density at radius 2 is 1.95 bits per heavy atom. The van der Waals surface area contributed by atoms with Crippen molar-refractivity contribution in [3.63, 3.8) is 0 Å². The fourth-order valence-corrected chi connectivity index (χ4v) is 3.01. The Bertz CT molecular complexity index is 738. The van der Waals surface area contributed by atoms with E-state index in [-0.39, 0.29) is 17.0 Å². The molecule has 0 fully saturated rings. The molecule has 9 heteroatoms. The molecule has 6 nitrogen and oxygen atoms in total. The normalized spacial score (nSPS) is 12.1. The number of sulfonamides is 1. The van der Waals surface area contributed by atoms with Crippen LogP contribution in [0.2, 0.25) is 0 Å². The van der Waals surface area contributed by atoms with E-state index in [1.165, 1.54) is 16.7 Å². The van der Waals surface area contributed by atoms with Gasteiger partial charge in [-0.3, -0.25) is 4.57 Å². The molecule has 0 spiro atoms. The Hall–Kier alpha value is -1.32. The van der Waals surface area contributed by atoms with E-state index in [2.05, 4.69) is 26.1 Å². The lowest BCUT2D eigenvalue weighted by Crippen LogP contribution is -2.20. The minimum Gasteiger partial charge on any atom is -0.294 e. The molecule has 0 aliphatic heterocycles. The summed E-state index contributed by atoms with van der Waals surface area (Å²) in [6.07, 6.45) is 0. The predicted molar refractivity (Wildman–Crippen MR) is 74.9 cm³/mol. The number of primary sulfonamides is 1. The molecule has 0 bridgehead atoms. The number of nitrogens with two attached hydrogens (primary N) is 1. The molecule has 20 heavy (non-hydrogen) atoms. The zero-order valence-corrected chi connectivity index (χ0v) is 13.1. The van der Waals surface area contributed by atoms with Crippen LogP contribution in [0.3, 0.4) is 0 Å². The van der Waals surface area contributed by atoms with Gasteiger partial charge < -0.3 is 0 Å². The van der Waals surface area contributed by atoms with Crippen molar-refractivity contribution in [1.82, 2.24) is 14.8 Å². The highest BCUT2D eigenvalue weighted by Crippen LogP contribution is 2.27. The first-order valence-corrected chi connectivity index (χ1v) is 7.98. The smallest absolute Gasteiger partial charge is 0.273 e. The van der Waals surface area contributed by atoms with Crippen LogP contribution in [0, 0.1) is 5.82 Å². The Morgan fingerprint density at radius 3 is 2.45 bits per heavy atom. The highest BCUT2D eigenvalue weighted by Gasteiger charge is 2.24. The highest BCUT2D eigenvalue weighted by atomic mass is 79.9. The molecular formula is C11H12BrFN4O2S. The zero-order chi connectivity index (χ0) is 15.1. The Balaban J connectivity index is 2.72. The van der Waals surface area contributed by atoms with Gasteiger partial charge in [0.1, 0.15) is 5.82 Å². The summed E-state index contributed by atoms with van der Waals surface area (Å²) in [5, 5.41) is 12.2. The summed E-state index contributed by atoms with van der Waals surface area (Å²) in [6, 6.07) is 3.91. The summed E-state index contributed by atoms with van der Waals surface area (Å²) >= 11 is 3.18. The van der Waals surface area contributed by atoms with Crippen LogP contribution in [0.1, 0.15) is 19.9 Å². The van der Waals surface area contributed by atoms with Gasteiger partial charge in [0.2, 0.25) is 0 Å². The van der Waals surface area contributed by atoms with Crippen LogP contribution in [0.4, 0.5) is 4.39 Å². The minimum atomic E-state index is -4.00. The summed E-state index contributed by atoms with van der Waals surface area (Å²) in [6.45, 7) is 3.52. The lowest BCUT2D eigenvalue weighted by Gasteiger charge is -2.13. The number of rotatable bonds is 3. The third-order valence-corrected chi connectivity index (χ3v) is 3.80. The lowest BCUT2D eigenvalue weighted by molar-refractivity contribution is 0.524. The molecule has 108 valence electrons. The molecule has 0 amide bonds. The maximum Gasteiger partial charge on any atom is 0.273 e. The maximum atomic E-state index is 13.5. The fraction of sp³-hybridized carbons (Fsp3) is 0.273. The summed E-state index contributed by atoms with van der Waals surface area (Å²) in [7, 11) is -4.00. The lowest BCUT2D eigenvalue weighted by atomic mass is 10.2. The van der Waals surface area contributed by atoms with Gasteiger partial charge in [-0.05, 0) is 32.0 Å². The van der Waals surface area contributed by atoms with Gasteiger partial charge in [-0.25, -0.2) is 17.9 Å². The molecule has 2 aromatic rings. The monoisotopic (exact) mass is 362 g/mol. The molecule has 2 N–H and O–H groups in total. The molecule has 1 aromatic carbocycles. The van der Waals surface area contributed by atoms with E-state index in [1.54, 1.807) is 19.9 Å². The van der Waals surface area contributed by atoms with E-state index in [4.69, 9.17) is 5.14 Å². The van der Waals surface area contributed by atoms with Crippen molar-refractivity contribution in [2.45, 2.75) is 25.0 Å². The Labute approximate surface area is 124 Å². The summed E-state index contributed by atoms with van der Waals surface area (Å²) < 4.78 is 38.3. The van der Waals surface area contributed by atoms with Crippen LogP contribution in [0.15, 0.2) is 27.8 Å². The quantitative estimate of drug-likeness (QED) is 0.904. The second-order valence-electron chi connectivity index (χ2n) is 4.47. The van der Waals surface area contributed by atoms with Gasteiger partial charge in [0.25, 0.3) is 15.2 Å². The van der Waals surface area contributed by atoms with Gasteiger partial charge in [0.05, 0.1) is 0 Å². The van der Waals surface area contributed by atoms with Crippen LogP contribution in [0.5, 0.6) is 0 Å². The van der Waals surface area contributed by atoms with Crippen molar-refractivity contribution in [3.05, 3.63) is 28.5 Å². The fourth-order valence-electron chi connectivity index (χ4n) is 1.82. The SMILES string of the molecule is CC(C)n1c(-c2cc(F)cc(Br)c2)nnc1S(N)(=O)=O. The molecule has 2 rings (SSSR count). The largest absolute Gasteiger partial charge is 0.294 e. The molecule has 0 radical (unpaired) electrons. The summed E-state index contributed by atoms with van der Waals surface area (Å²) in [5.74, 6) is -0.228. The van der Waals surface area contributed by atoms with Crippen LogP contribution in [-0.4, -0.2) is 23.2 Å². The number of halogens is 2. The van der Waals surface area contributed by atoms with Gasteiger partial charge in [0.15, 0.2) is 5.82 Å². The standard InChI is InChI=1S/C11H12BrFN4O2S/c1-6(2)17-10(15-16-11(17)20(14,18)19)7-3-8(12)5-9(13)4-7/h3-6H,1-2H3,(H2,14,18,19). The van der Waals surface area contributed by atoms with E-state index in [9.17, 15) is 12.8 Å². The average molecular weight is 363 g/mol. The van der Waals surface area contributed by atoms with Gasteiger partial charge in [0, 0.05) is 16.1 Å². The number of hydrogen-bond acceptors (Lipinski definition) is 4. The second-order valence-corrected chi connectivity index (χ2v) is 6.84. The number of hydrogen-bond donors (Lipinski definition) is 1. The van der Waals surface area contributed by atoms with Crippen molar-refractivity contribution >= 4 is 26.0 Å². The van der Waals surface area contributed by atoms with Crippen molar-refractivity contribution in [3.8, 4) is 11.4 Å². The molecule has 0 atom stereocenters. The molecule has 1 heterocycles.